The molecule has 2 saturated heterocycles. The number of likely N-dealkylation sites (N-methyl/N-ethyl adjacent to an activating group) is 1. The van der Waals surface area contributed by atoms with Crippen molar-refractivity contribution in [3.05, 3.63) is 35.4 Å². The summed E-state index contributed by atoms with van der Waals surface area (Å²) in [6.45, 7) is 0.212. The molecule has 3 rings (SSSR count). The minimum Gasteiger partial charge on any atom is -0.340 e. The van der Waals surface area contributed by atoms with Gasteiger partial charge in [-0.05, 0) is 24.5 Å². The van der Waals surface area contributed by atoms with Gasteiger partial charge in [0.25, 0.3) is 0 Å². The highest BCUT2D eigenvalue weighted by Crippen LogP contribution is 2.32. The molecule has 1 aromatic carbocycles. The molecule has 2 amide bonds. The Labute approximate surface area is 150 Å². The number of nitrogens with zero attached hydrogens (tertiary/aromatic N) is 2. The zero-order chi connectivity index (χ0) is 18.9. The average Bonchev–Trinajstić information content (AvgIpc) is 2.93. The van der Waals surface area contributed by atoms with Crippen molar-refractivity contribution in [2.24, 2.45) is 0 Å². The van der Waals surface area contributed by atoms with Crippen LogP contribution in [0.5, 0.6) is 0 Å². The van der Waals surface area contributed by atoms with E-state index in [1.165, 1.54) is 35.0 Å². The number of nitrogens with one attached hydrogen (secondary N) is 1. The minimum atomic E-state index is -4.47. The number of fused-ring (bicyclic) bond motifs is 2. The van der Waals surface area contributed by atoms with Gasteiger partial charge in [0.2, 0.25) is 11.8 Å². The maximum Gasteiger partial charge on any atom is 0.416 e. The Kier molecular flexibility index (Phi) is 5.22. The number of amides is 2. The number of halogens is 3. The van der Waals surface area contributed by atoms with E-state index in [0.717, 1.165) is 18.9 Å². The number of benzene rings is 1. The summed E-state index contributed by atoms with van der Waals surface area (Å²) in [5, 5.41) is 3.37. The fourth-order valence-electron chi connectivity index (χ4n) is 3.63. The summed E-state index contributed by atoms with van der Waals surface area (Å²) in [5.74, 6) is -0.449. The molecule has 5 nitrogen and oxygen atoms in total. The second kappa shape index (κ2) is 7.26. The lowest BCUT2D eigenvalue weighted by molar-refractivity contribution is -0.141. The van der Waals surface area contributed by atoms with Crippen molar-refractivity contribution in [1.29, 1.82) is 0 Å². The number of likely N-dealkylation sites (tertiary alicyclic amines) is 1. The maximum absolute atomic E-state index is 13.1. The predicted molar refractivity (Wildman–Crippen MR) is 89.1 cm³/mol. The summed E-state index contributed by atoms with van der Waals surface area (Å²) in [6, 6.07) is 5.58. The third-order valence-corrected chi connectivity index (χ3v) is 5.03. The highest BCUT2D eigenvalue weighted by atomic mass is 19.4. The van der Waals surface area contributed by atoms with Gasteiger partial charge in [0.1, 0.15) is 0 Å². The number of rotatable bonds is 4. The Morgan fingerprint density at radius 3 is 2.69 bits per heavy atom. The first-order valence-corrected chi connectivity index (χ1v) is 8.67. The second-order valence-corrected chi connectivity index (χ2v) is 7.02. The van der Waals surface area contributed by atoms with Gasteiger partial charge in [0, 0.05) is 38.6 Å². The summed E-state index contributed by atoms with van der Waals surface area (Å²) in [5.41, 5.74) is -0.703. The standard InChI is InChI=1S/C18H22F3N3O2/c1-23(9-12-4-2-3-5-15(12)18(19,20)21)17(26)11-24-10-14-7-6-13(22-14)8-16(24)25/h2-5,13-14,22H,6-11H2,1H3. The molecule has 0 spiro atoms. The molecule has 26 heavy (non-hydrogen) atoms. The lowest BCUT2D eigenvalue weighted by Gasteiger charge is -2.27. The van der Waals surface area contributed by atoms with E-state index < -0.39 is 11.7 Å². The van der Waals surface area contributed by atoms with E-state index in [9.17, 15) is 22.8 Å². The van der Waals surface area contributed by atoms with Crippen molar-refractivity contribution in [2.75, 3.05) is 20.1 Å². The fraction of sp³-hybridized carbons (Fsp3) is 0.556. The number of carbonyl (C=O) groups is 2. The van der Waals surface area contributed by atoms with Gasteiger partial charge in [-0.25, -0.2) is 0 Å². The summed E-state index contributed by atoms with van der Waals surface area (Å²) < 4.78 is 39.3. The number of carbonyl (C=O) groups excluding carboxylic acids is 2. The third kappa shape index (κ3) is 4.17. The van der Waals surface area contributed by atoms with Crippen molar-refractivity contribution in [3.8, 4) is 0 Å². The topological polar surface area (TPSA) is 52.7 Å². The molecule has 0 aliphatic carbocycles. The van der Waals surface area contributed by atoms with Crippen molar-refractivity contribution in [3.63, 3.8) is 0 Å². The molecule has 1 aromatic rings. The van der Waals surface area contributed by atoms with Crippen molar-refractivity contribution in [2.45, 2.75) is 44.1 Å². The maximum atomic E-state index is 13.1. The summed E-state index contributed by atoms with van der Waals surface area (Å²) in [6.07, 6.45) is -2.17. The van der Waals surface area contributed by atoms with Gasteiger partial charge in [0.05, 0.1) is 12.1 Å². The van der Waals surface area contributed by atoms with Crippen molar-refractivity contribution in [1.82, 2.24) is 15.1 Å². The SMILES string of the molecule is CN(Cc1ccccc1C(F)(F)F)C(=O)CN1CC2CCC(CC1=O)N2. The van der Waals surface area contributed by atoms with Crippen LogP contribution in [0.15, 0.2) is 24.3 Å². The molecule has 0 saturated carbocycles. The van der Waals surface area contributed by atoms with Crippen LogP contribution in [-0.2, 0) is 22.3 Å². The highest BCUT2D eigenvalue weighted by Gasteiger charge is 2.35. The molecule has 2 fully saturated rings. The molecule has 0 aromatic heterocycles. The molecule has 2 unspecified atom stereocenters. The largest absolute Gasteiger partial charge is 0.416 e. The predicted octanol–water partition coefficient (Wildman–Crippen LogP) is 2.02. The number of hydrogen-bond acceptors (Lipinski definition) is 3. The van der Waals surface area contributed by atoms with Crippen molar-refractivity contribution >= 4 is 11.8 Å². The van der Waals surface area contributed by atoms with Crippen molar-refractivity contribution < 1.29 is 22.8 Å². The normalized spacial score (nSPS) is 23.1. The Hall–Kier alpha value is -2.09. The third-order valence-electron chi connectivity index (χ3n) is 5.03. The van der Waals surface area contributed by atoms with E-state index in [0.29, 0.717) is 13.0 Å². The van der Waals surface area contributed by atoms with Crippen LogP contribution in [0.4, 0.5) is 13.2 Å². The van der Waals surface area contributed by atoms with Crippen LogP contribution >= 0.6 is 0 Å². The molecule has 0 radical (unpaired) electrons. The molecule has 8 heteroatoms. The van der Waals surface area contributed by atoms with E-state index in [-0.39, 0.29) is 42.6 Å². The quantitative estimate of drug-likeness (QED) is 0.884. The van der Waals surface area contributed by atoms with E-state index in [2.05, 4.69) is 5.32 Å². The average molecular weight is 369 g/mol. The molecule has 2 aliphatic rings. The highest BCUT2D eigenvalue weighted by molar-refractivity contribution is 5.85. The Morgan fingerprint density at radius 1 is 1.27 bits per heavy atom. The van der Waals surface area contributed by atoms with Gasteiger partial charge in [-0.1, -0.05) is 18.2 Å². The van der Waals surface area contributed by atoms with E-state index >= 15 is 0 Å². The lowest BCUT2D eigenvalue weighted by Crippen LogP contribution is -2.44. The monoisotopic (exact) mass is 369 g/mol. The first-order valence-electron chi connectivity index (χ1n) is 8.67. The lowest BCUT2D eigenvalue weighted by atomic mass is 10.1. The van der Waals surface area contributed by atoms with E-state index in [1.54, 1.807) is 0 Å². The first kappa shape index (κ1) is 18.7. The van der Waals surface area contributed by atoms with Gasteiger partial charge in [-0.3, -0.25) is 9.59 Å². The zero-order valence-electron chi connectivity index (χ0n) is 14.6. The molecular formula is C18H22F3N3O2. The number of hydrogen-bond donors (Lipinski definition) is 1. The molecule has 1 N–H and O–H groups in total. The van der Waals surface area contributed by atoms with Crippen LogP contribution in [0, 0.1) is 0 Å². The minimum absolute atomic E-state index is 0.0405. The Morgan fingerprint density at radius 2 is 1.96 bits per heavy atom. The van der Waals surface area contributed by atoms with Crippen LogP contribution in [0.25, 0.3) is 0 Å². The van der Waals surface area contributed by atoms with Crippen LogP contribution in [0.2, 0.25) is 0 Å². The van der Waals surface area contributed by atoms with Crippen LogP contribution in [-0.4, -0.2) is 53.8 Å². The van der Waals surface area contributed by atoms with Gasteiger partial charge in [-0.2, -0.15) is 13.2 Å². The Balaban J connectivity index is 1.64. The summed E-state index contributed by atoms with van der Waals surface area (Å²) in [7, 11) is 1.46. The molecule has 142 valence electrons. The smallest absolute Gasteiger partial charge is 0.340 e. The zero-order valence-corrected chi connectivity index (χ0v) is 14.6. The van der Waals surface area contributed by atoms with Gasteiger partial charge in [0.15, 0.2) is 0 Å². The second-order valence-electron chi connectivity index (χ2n) is 7.02. The molecular weight excluding hydrogens is 347 g/mol. The van der Waals surface area contributed by atoms with Crippen LogP contribution in [0.3, 0.4) is 0 Å². The van der Waals surface area contributed by atoms with Gasteiger partial charge in [-0.15, -0.1) is 0 Å². The fourth-order valence-corrected chi connectivity index (χ4v) is 3.63. The Bertz CT molecular complexity index is 693. The molecule has 2 aliphatic heterocycles. The number of alkyl halides is 3. The van der Waals surface area contributed by atoms with E-state index in [4.69, 9.17) is 0 Å². The van der Waals surface area contributed by atoms with Crippen LogP contribution < -0.4 is 5.32 Å². The van der Waals surface area contributed by atoms with Crippen LogP contribution in [0.1, 0.15) is 30.4 Å². The molecule has 2 atom stereocenters. The van der Waals surface area contributed by atoms with E-state index in [1.807, 2.05) is 0 Å². The summed E-state index contributed by atoms with van der Waals surface area (Å²) in [4.78, 5) is 27.5. The van der Waals surface area contributed by atoms with Gasteiger partial charge >= 0.3 is 6.18 Å². The van der Waals surface area contributed by atoms with Gasteiger partial charge < -0.3 is 15.1 Å². The first-order chi connectivity index (χ1) is 12.2. The summed E-state index contributed by atoms with van der Waals surface area (Å²) >= 11 is 0. The molecule has 2 heterocycles. The molecule has 2 bridgehead atoms.